The minimum Gasteiger partial charge on any atom is -0.515 e. The molecule has 0 aromatic heterocycles. The summed E-state index contributed by atoms with van der Waals surface area (Å²) in [6.07, 6.45) is 10.7. The van der Waals surface area contributed by atoms with E-state index in [1.165, 1.54) is 26.0 Å². The standard InChI is InChI=1S/C6H10O2.C6H8O2.C4H6O2.C2H4O.3CH4/c2*1-2-3-6(8)4-5-7;1-4(6)2-3-5;1-2-3;;;/h4-5,7H,2-3H2,1H3;2-5,7H,1H3;2-3,5H,1H3;2H,1H3;3*1H4/b5-4-;3-2+,5-4-;3-2-;;;;. The number of rotatable bonds is 6. The second-order valence-electron chi connectivity index (χ2n) is 3.91. The molecule has 0 spiro atoms. The molecule has 3 N–H and O–H groups in total. The third-order valence-corrected chi connectivity index (χ3v) is 1.64. The van der Waals surface area contributed by atoms with Gasteiger partial charge in [0.15, 0.2) is 17.3 Å². The van der Waals surface area contributed by atoms with Gasteiger partial charge in [0.2, 0.25) is 0 Å². The SMILES string of the molecule is C.C.C.C/C=C/C(=O)/C=C\O.CC(=O)/C=C\O.CC=O.CCCC(=O)/C=C\O. The van der Waals surface area contributed by atoms with Crippen molar-refractivity contribution >= 4 is 23.6 Å². The molecule has 0 unspecified atom stereocenters. The van der Waals surface area contributed by atoms with Gasteiger partial charge in [-0.1, -0.05) is 35.3 Å². The lowest BCUT2D eigenvalue weighted by Gasteiger charge is -1.84. The highest BCUT2D eigenvalue weighted by Crippen LogP contribution is 1.88. The molecule has 7 nitrogen and oxygen atoms in total. The minimum absolute atomic E-state index is 0. The van der Waals surface area contributed by atoms with Crippen LogP contribution in [0.2, 0.25) is 0 Å². The number of aldehydes is 1. The normalized spacial score (nSPS) is 8.57. The summed E-state index contributed by atoms with van der Waals surface area (Å²) in [7, 11) is 0. The van der Waals surface area contributed by atoms with Gasteiger partial charge in [0.05, 0.1) is 18.8 Å². The van der Waals surface area contributed by atoms with Gasteiger partial charge in [0.25, 0.3) is 0 Å². The summed E-state index contributed by atoms with van der Waals surface area (Å²) < 4.78 is 0. The zero-order valence-corrected chi connectivity index (χ0v) is 15.1. The van der Waals surface area contributed by atoms with E-state index < -0.39 is 0 Å². The molecule has 166 valence electrons. The highest BCUT2D eigenvalue weighted by molar-refractivity contribution is 5.98. The van der Waals surface area contributed by atoms with Gasteiger partial charge in [-0.05, 0) is 33.3 Å². The molecule has 0 heterocycles. The highest BCUT2D eigenvalue weighted by Gasteiger charge is 1.90. The summed E-state index contributed by atoms with van der Waals surface area (Å²) in [5, 5.41) is 23.9. The van der Waals surface area contributed by atoms with Crippen LogP contribution in [0.25, 0.3) is 0 Å². The minimum atomic E-state index is -0.199. The van der Waals surface area contributed by atoms with Crippen LogP contribution < -0.4 is 0 Å². The lowest BCUT2D eigenvalue weighted by atomic mass is 10.2. The van der Waals surface area contributed by atoms with Crippen LogP contribution in [0, 0.1) is 0 Å². The topological polar surface area (TPSA) is 129 Å². The molecule has 0 aliphatic carbocycles. The van der Waals surface area contributed by atoms with E-state index in [0.717, 1.165) is 43.6 Å². The first-order valence-electron chi connectivity index (χ1n) is 7.33. The third kappa shape index (κ3) is 77.2. The van der Waals surface area contributed by atoms with Crippen LogP contribution in [-0.4, -0.2) is 39.0 Å². The van der Waals surface area contributed by atoms with Crippen molar-refractivity contribution in [1.29, 1.82) is 0 Å². The van der Waals surface area contributed by atoms with Crippen molar-refractivity contribution in [3.8, 4) is 0 Å². The lowest BCUT2D eigenvalue weighted by molar-refractivity contribution is -0.115. The zero-order valence-electron chi connectivity index (χ0n) is 15.1. The Morgan fingerprint density at radius 1 is 0.786 bits per heavy atom. The first-order valence-corrected chi connectivity index (χ1v) is 7.33. The van der Waals surface area contributed by atoms with Gasteiger partial charge in [0.1, 0.15) is 6.29 Å². The van der Waals surface area contributed by atoms with Crippen LogP contribution >= 0.6 is 0 Å². The summed E-state index contributed by atoms with van der Waals surface area (Å²) in [6.45, 7) is 6.47. The van der Waals surface area contributed by atoms with Gasteiger partial charge in [-0.2, -0.15) is 0 Å². The van der Waals surface area contributed by atoms with Crippen molar-refractivity contribution < 1.29 is 34.5 Å². The van der Waals surface area contributed by atoms with Crippen molar-refractivity contribution in [2.24, 2.45) is 0 Å². The first kappa shape index (κ1) is 44.5. The molecule has 0 atom stereocenters. The fourth-order valence-corrected chi connectivity index (χ4v) is 0.811. The lowest BCUT2D eigenvalue weighted by Crippen LogP contribution is -1.88. The van der Waals surface area contributed by atoms with Crippen molar-refractivity contribution in [2.45, 2.75) is 62.8 Å². The molecule has 28 heavy (non-hydrogen) atoms. The van der Waals surface area contributed by atoms with Gasteiger partial charge in [-0.25, -0.2) is 0 Å². The molecule has 0 aromatic rings. The predicted octanol–water partition coefficient (Wildman–Crippen LogP) is 5.39. The van der Waals surface area contributed by atoms with Gasteiger partial charge in [-0.15, -0.1) is 0 Å². The summed E-state index contributed by atoms with van der Waals surface area (Å²) in [5.74, 6) is -0.359. The molecular weight excluding hydrogens is 364 g/mol. The third-order valence-electron chi connectivity index (χ3n) is 1.64. The number of hydrogen-bond donors (Lipinski definition) is 3. The number of hydrogen-bond acceptors (Lipinski definition) is 7. The van der Waals surface area contributed by atoms with Crippen molar-refractivity contribution in [1.82, 2.24) is 0 Å². The van der Waals surface area contributed by atoms with Gasteiger partial charge >= 0.3 is 0 Å². The number of allylic oxidation sites excluding steroid dienone is 5. The number of aliphatic hydroxyl groups is 3. The van der Waals surface area contributed by atoms with Crippen LogP contribution in [0.15, 0.2) is 49.2 Å². The molecule has 0 saturated heterocycles. The Bertz CT molecular complexity index is 445. The van der Waals surface area contributed by atoms with Crippen LogP contribution in [0.5, 0.6) is 0 Å². The van der Waals surface area contributed by atoms with E-state index >= 15 is 0 Å². The molecule has 0 radical (unpaired) electrons. The fraction of sp³-hybridized carbons (Fsp3) is 0.429. The van der Waals surface area contributed by atoms with E-state index in [0.29, 0.717) is 6.42 Å². The van der Waals surface area contributed by atoms with Gasteiger partial charge in [-0.3, -0.25) is 14.4 Å². The number of carbonyl (C=O) groups is 4. The molecular formula is C21H40O7. The largest absolute Gasteiger partial charge is 0.515 e. The monoisotopic (exact) mass is 404 g/mol. The Kier molecular flexibility index (Phi) is 69.8. The maximum Gasteiger partial charge on any atom is 0.181 e. The van der Waals surface area contributed by atoms with Crippen molar-refractivity contribution in [3.05, 3.63) is 49.2 Å². The molecule has 0 rings (SSSR count). The number of ketones is 3. The smallest absolute Gasteiger partial charge is 0.181 e. The average Bonchev–Trinajstić information content (AvgIpc) is 2.50. The molecule has 0 amide bonds. The Labute approximate surface area is 170 Å². The molecule has 0 fully saturated rings. The maximum absolute atomic E-state index is 10.4. The molecule has 0 aliphatic rings. The highest BCUT2D eigenvalue weighted by atomic mass is 16.2. The second kappa shape index (κ2) is 44.0. The Balaban J connectivity index is -0.0000000423. The van der Waals surface area contributed by atoms with E-state index in [-0.39, 0.29) is 39.6 Å². The van der Waals surface area contributed by atoms with Gasteiger partial charge in [0, 0.05) is 24.6 Å². The summed E-state index contributed by atoms with van der Waals surface area (Å²) >= 11 is 0. The zero-order chi connectivity index (χ0) is 20.5. The molecule has 7 heteroatoms. The predicted molar refractivity (Wildman–Crippen MR) is 118 cm³/mol. The van der Waals surface area contributed by atoms with Crippen molar-refractivity contribution in [3.63, 3.8) is 0 Å². The van der Waals surface area contributed by atoms with Gasteiger partial charge < -0.3 is 20.1 Å². The Hall–Kier alpha value is -2.96. The summed E-state index contributed by atoms with van der Waals surface area (Å²) in [4.78, 5) is 39.3. The van der Waals surface area contributed by atoms with Crippen LogP contribution in [0.1, 0.15) is 62.8 Å². The summed E-state index contributed by atoms with van der Waals surface area (Å²) in [6, 6.07) is 0. The second-order valence-corrected chi connectivity index (χ2v) is 3.91. The first-order chi connectivity index (χ1) is 11.8. The fourth-order valence-electron chi connectivity index (χ4n) is 0.811. The van der Waals surface area contributed by atoms with Crippen LogP contribution in [0.3, 0.4) is 0 Å². The Morgan fingerprint density at radius 3 is 1.39 bits per heavy atom. The molecule has 0 bridgehead atoms. The van der Waals surface area contributed by atoms with E-state index in [1.54, 1.807) is 13.0 Å². The Morgan fingerprint density at radius 2 is 1.18 bits per heavy atom. The average molecular weight is 405 g/mol. The van der Waals surface area contributed by atoms with E-state index in [4.69, 9.17) is 20.1 Å². The van der Waals surface area contributed by atoms with E-state index in [2.05, 4.69) is 0 Å². The quantitative estimate of drug-likeness (QED) is 0.307. The molecule has 0 saturated carbocycles. The molecule has 0 aliphatic heterocycles. The summed E-state index contributed by atoms with van der Waals surface area (Å²) in [5.41, 5.74) is 0. The number of aliphatic hydroxyl groups excluding tert-OH is 3. The van der Waals surface area contributed by atoms with Crippen LogP contribution in [0.4, 0.5) is 0 Å². The van der Waals surface area contributed by atoms with Crippen LogP contribution in [-0.2, 0) is 19.2 Å². The van der Waals surface area contributed by atoms with E-state index in [1.807, 2.05) is 6.92 Å². The number of carbonyl (C=O) groups excluding carboxylic acids is 4. The molecule has 0 aromatic carbocycles. The maximum atomic E-state index is 10.4. The van der Waals surface area contributed by atoms with E-state index in [9.17, 15) is 14.4 Å². The van der Waals surface area contributed by atoms with Crippen molar-refractivity contribution in [2.75, 3.05) is 0 Å².